The maximum Gasteiger partial charge on any atom is 0.338 e. The highest BCUT2D eigenvalue weighted by molar-refractivity contribution is 5.99. The topological polar surface area (TPSA) is 140 Å². The average molecular weight is 336 g/mol. The quantitative estimate of drug-likeness (QED) is 0.593. The molecule has 0 aliphatic carbocycles. The summed E-state index contributed by atoms with van der Waals surface area (Å²) in [5, 5.41) is 6.86. The van der Waals surface area contributed by atoms with Gasteiger partial charge in [-0.15, -0.1) is 0 Å². The van der Waals surface area contributed by atoms with Crippen molar-refractivity contribution in [2.45, 2.75) is 32.9 Å². The molecular formula is C15H20N4O5. The van der Waals surface area contributed by atoms with Crippen LogP contribution in [0.2, 0.25) is 0 Å². The van der Waals surface area contributed by atoms with Crippen molar-refractivity contribution in [1.82, 2.24) is 10.6 Å². The number of esters is 1. The van der Waals surface area contributed by atoms with Crippen molar-refractivity contribution < 1.29 is 23.9 Å². The predicted molar refractivity (Wildman–Crippen MR) is 86.3 cm³/mol. The molecule has 1 atom stereocenters. The van der Waals surface area contributed by atoms with Gasteiger partial charge in [0.25, 0.3) is 5.91 Å². The van der Waals surface area contributed by atoms with Crippen molar-refractivity contribution in [3.63, 3.8) is 0 Å². The second kappa shape index (κ2) is 8.51. The van der Waals surface area contributed by atoms with Crippen LogP contribution in [0.4, 0.5) is 15.3 Å². The number of hydrogen-bond donors (Lipinski definition) is 4. The average Bonchev–Trinajstić information content (AvgIpc) is 2.45. The lowest BCUT2D eigenvalue weighted by Crippen LogP contribution is -2.46. The maximum atomic E-state index is 12.0. The molecule has 9 nitrogen and oxygen atoms in total. The molecule has 0 aromatic heterocycles. The van der Waals surface area contributed by atoms with E-state index in [1.807, 2.05) is 0 Å². The number of carbonyl (C=O) groups excluding carboxylic acids is 4. The summed E-state index contributed by atoms with van der Waals surface area (Å²) in [6, 6.07) is 4.26. The number of primary amides is 1. The Morgan fingerprint density at radius 1 is 1.12 bits per heavy atom. The van der Waals surface area contributed by atoms with Crippen LogP contribution in [0.5, 0.6) is 0 Å². The third-order valence-corrected chi connectivity index (χ3v) is 2.68. The number of benzene rings is 1. The van der Waals surface area contributed by atoms with E-state index in [2.05, 4.69) is 16.0 Å². The molecule has 0 radical (unpaired) electrons. The Morgan fingerprint density at radius 2 is 1.79 bits per heavy atom. The number of ether oxygens (including phenoxy) is 1. The molecule has 0 spiro atoms. The van der Waals surface area contributed by atoms with E-state index < -0.39 is 30.0 Å². The zero-order valence-corrected chi connectivity index (χ0v) is 13.6. The highest BCUT2D eigenvalue weighted by Crippen LogP contribution is 2.12. The van der Waals surface area contributed by atoms with Crippen LogP contribution in [-0.4, -0.2) is 36.1 Å². The minimum absolute atomic E-state index is 0.118. The Kier molecular flexibility index (Phi) is 6.72. The predicted octanol–water partition coefficient (Wildman–Crippen LogP) is 0.957. The Hall–Kier alpha value is -3.10. The number of urea groups is 2. The molecule has 0 fully saturated rings. The molecule has 1 aromatic carbocycles. The first-order valence-electron chi connectivity index (χ1n) is 7.18. The molecule has 0 aliphatic heterocycles. The van der Waals surface area contributed by atoms with Gasteiger partial charge in [0, 0.05) is 11.7 Å². The summed E-state index contributed by atoms with van der Waals surface area (Å²) in [4.78, 5) is 46.0. The van der Waals surface area contributed by atoms with Crippen molar-refractivity contribution >= 4 is 29.6 Å². The first-order valence-corrected chi connectivity index (χ1v) is 7.18. The summed E-state index contributed by atoms with van der Waals surface area (Å²) >= 11 is 0. The second-order valence-corrected chi connectivity index (χ2v) is 5.24. The van der Waals surface area contributed by atoms with Gasteiger partial charge in [-0.1, -0.05) is 6.07 Å². The number of rotatable bonds is 5. The fourth-order valence-electron chi connectivity index (χ4n) is 1.66. The minimum Gasteiger partial charge on any atom is -0.449 e. The molecule has 0 unspecified atom stereocenters. The summed E-state index contributed by atoms with van der Waals surface area (Å²) in [5.41, 5.74) is 5.42. The van der Waals surface area contributed by atoms with E-state index in [0.717, 1.165) is 0 Å². The number of amides is 5. The SMILES string of the molecule is CC(C)NC(=O)NC(=O)[C@@H](C)OC(=O)c1cccc(NC(N)=O)c1. The van der Waals surface area contributed by atoms with E-state index in [1.54, 1.807) is 13.8 Å². The van der Waals surface area contributed by atoms with Crippen LogP contribution < -0.4 is 21.7 Å². The summed E-state index contributed by atoms with van der Waals surface area (Å²) < 4.78 is 4.99. The molecule has 5 amide bonds. The highest BCUT2D eigenvalue weighted by Gasteiger charge is 2.21. The Balaban J connectivity index is 2.64. The van der Waals surface area contributed by atoms with Crippen LogP contribution >= 0.6 is 0 Å². The highest BCUT2D eigenvalue weighted by atomic mass is 16.5. The number of hydrogen-bond acceptors (Lipinski definition) is 5. The van der Waals surface area contributed by atoms with Gasteiger partial charge in [-0.2, -0.15) is 0 Å². The molecule has 24 heavy (non-hydrogen) atoms. The monoisotopic (exact) mass is 336 g/mol. The zero-order valence-electron chi connectivity index (χ0n) is 13.6. The molecule has 130 valence electrons. The summed E-state index contributed by atoms with van der Waals surface area (Å²) in [6.07, 6.45) is -1.18. The zero-order chi connectivity index (χ0) is 18.3. The van der Waals surface area contributed by atoms with Crippen molar-refractivity contribution in [2.75, 3.05) is 5.32 Å². The number of imide groups is 1. The molecule has 1 rings (SSSR count). The molecule has 0 heterocycles. The molecule has 0 saturated heterocycles. The van der Waals surface area contributed by atoms with E-state index in [-0.39, 0.29) is 11.6 Å². The number of anilines is 1. The fourth-order valence-corrected chi connectivity index (χ4v) is 1.66. The van der Waals surface area contributed by atoms with Gasteiger partial charge in [0.05, 0.1) is 5.56 Å². The maximum absolute atomic E-state index is 12.0. The second-order valence-electron chi connectivity index (χ2n) is 5.24. The number of nitrogens with two attached hydrogens (primary N) is 1. The van der Waals surface area contributed by atoms with Crippen LogP contribution in [-0.2, 0) is 9.53 Å². The normalized spacial score (nSPS) is 11.3. The third-order valence-electron chi connectivity index (χ3n) is 2.68. The lowest BCUT2D eigenvalue weighted by molar-refractivity contribution is -0.127. The summed E-state index contributed by atoms with van der Waals surface area (Å²) in [7, 11) is 0. The van der Waals surface area contributed by atoms with Gasteiger partial charge in [-0.25, -0.2) is 14.4 Å². The van der Waals surface area contributed by atoms with Gasteiger partial charge in [0.2, 0.25) is 0 Å². The minimum atomic E-state index is -1.18. The van der Waals surface area contributed by atoms with Crippen molar-refractivity contribution in [1.29, 1.82) is 0 Å². The Bertz CT molecular complexity index is 645. The molecule has 0 aliphatic rings. The van der Waals surface area contributed by atoms with Gasteiger partial charge < -0.3 is 21.1 Å². The Labute approximate surface area is 138 Å². The third kappa shape index (κ3) is 6.34. The summed E-state index contributed by atoms with van der Waals surface area (Å²) in [5.74, 6) is -1.54. The summed E-state index contributed by atoms with van der Waals surface area (Å²) in [6.45, 7) is 4.81. The van der Waals surface area contributed by atoms with Gasteiger partial charge in [0.15, 0.2) is 6.10 Å². The van der Waals surface area contributed by atoms with Crippen LogP contribution in [0, 0.1) is 0 Å². The first-order chi connectivity index (χ1) is 11.2. The van der Waals surface area contributed by atoms with Crippen molar-refractivity contribution in [3.8, 4) is 0 Å². The van der Waals surface area contributed by atoms with Crippen molar-refractivity contribution in [3.05, 3.63) is 29.8 Å². The van der Waals surface area contributed by atoms with Crippen LogP contribution in [0.3, 0.4) is 0 Å². The molecule has 0 saturated carbocycles. The van der Waals surface area contributed by atoms with E-state index in [9.17, 15) is 19.2 Å². The van der Waals surface area contributed by atoms with E-state index in [0.29, 0.717) is 5.69 Å². The van der Waals surface area contributed by atoms with Crippen LogP contribution in [0.15, 0.2) is 24.3 Å². The smallest absolute Gasteiger partial charge is 0.338 e. The molecular weight excluding hydrogens is 316 g/mol. The van der Waals surface area contributed by atoms with Gasteiger partial charge in [0.1, 0.15) is 0 Å². The van der Waals surface area contributed by atoms with Gasteiger partial charge >= 0.3 is 18.0 Å². The van der Waals surface area contributed by atoms with E-state index >= 15 is 0 Å². The first kappa shape index (κ1) is 18.9. The fraction of sp³-hybridized carbons (Fsp3) is 0.333. The van der Waals surface area contributed by atoms with Gasteiger partial charge in [-0.3, -0.25) is 10.1 Å². The molecule has 5 N–H and O–H groups in total. The largest absolute Gasteiger partial charge is 0.449 e. The number of carbonyl (C=O) groups is 4. The van der Waals surface area contributed by atoms with E-state index in [1.165, 1.54) is 31.2 Å². The lowest BCUT2D eigenvalue weighted by Gasteiger charge is -2.14. The van der Waals surface area contributed by atoms with Crippen molar-refractivity contribution in [2.24, 2.45) is 5.73 Å². The van der Waals surface area contributed by atoms with Crippen LogP contribution in [0.25, 0.3) is 0 Å². The number of nitrogens with one attached hydrogen (secondary N) is 3. The Morgan fingerprint density at radius 3 is 2.38 bits per heavy atom. The van der Waals surface area contributed by atoms with Crippen LogP contribution in [0.1, 0.15) is 31.1 Å². The van der Waals surface area contributed by atoms with Gasteiger partial charge in [-0.05, 0) is 39.0 Å². The molecule has 1 aromatic rings. The standard InChI is InChI=1S/C15H20N4O5/c1-8(2)17-15(23)19-12(20)9(3)24-13(21)10-5-4-6-11(7-10)18-14(16)22/h4-9H,1-3H3,(H3,16,18,22)(H2,17,19,20,23)/t9-/m1/s1. The molecule has 0 bridgehead atoms. The van der Waals surface area contributed by atoms with E-state index in [4.69, 9.17) is 10.5 Å². The lowest BCUT2D eigenvalue weighted by atomic mass is 10.2. The molecule has 9 heteroatoms.